The first kappa shape index (κ1) is 19.7. The standard InChI is InChI=1S/C13H17N3S.C8H11NO/c1-10-14-13-12(17-10)6-5-11(15-13)9-16-7-3-2-4-8-16;1-6-4-8(10-3)5-7(2)9-6/h5-6H,2-4,7-9H2,1H3;4-5H,1-3H3. The molecule has 4 heterocycles. The molecule has 0 saturated carbocycles. The highest BCUT2D eigenvalue weighted by atomic mass is 32.1. The van der Waals surface area contributed by atoms with Crippen molar-refractivity contribution in [2.45, 2.75) is 46.6 Å². The Balaban J connectivity index is 0.000000180. The van der Waals surface area contributed by atoms with E-state index in [9.17, 15) is 0 Å². The van der Waals surface area contributed by atoms with E-state index < -0.39 is 0 Å². The number of nitrogens with zero attached hydrogens (tertiary/aromatic N) is 4. The second-order valence-electron chi connectivity index (χ2n) is 6.98. The second kappa shape index (κ2) is 9.24. The largest absolute Gasteiger partial charge is 0.497 e. The molecule has 4 rings (SSSR count). The molecule has 0 unspecified atom stereocenters. The molecule has 3 aromatic rings. The number of fused-ring (bicyclic) bond motifs is 1. The van der Waals surface area contributed by atoms with Crippen molar-refractivity contribution in [2.24, 2.45) is 0 Å². The van der Waals surface area contributed by atoms with Crippen LogP contribution >= 0.6 is 11.3 Å². The smallest absolute Gasteiger partial charge is 0.170 e. The van der Waals surface area contributed by atoms with Crippen molar-refractivity contribution in [3.8, 4) is 5.75 Å². The van der Waals surface area contributed by atoms with Gasteiger partial charge in [0.1, 0.15) is 5.75 Å². The third-order valence-electron chi connectivity index (χ3n) is 4.54. The summed E-state index contributed by atoms with van der Waals surface area (Å²) in [6, 6.07) is 8.13. The number of methoxy groups -OCH3 is 1. The predicted octanol–water partition coefficient (Wildman–Crippen LogP) is 4.69. The molecule has 1 fully saturated rings. The number of rotatable bonds is 3. The highest BCUT2D eigenvalue weighted by Gasteiger charge is 2.11. The summed E-state index contributed by atoms with van der Waals surface area (Å²) in [6.45, 7) is 9.36. The van der Waals surface area contributed by atoms with E-state index in [1.165, 1.54) is 37.1 Å². The van der Waals surface area contributed by atoms with Crippen molar-refractivity contribution in [1.82, 2.24) is 19.9 Å². The van der Waals surface area contributed by atoms with Gasteiger partial charge in [0.2, 0.25) is 0 Å². The van der Waals surface area contributed by atoms with Crippen LogP contribution in [0.4, 0.5) is 0 Å². The van der Waals surface area contributed by atoms with Crippen molar-refractivity contribution in [1.29, 1.82) is 0 Å². The van der Waals surface area contributed by atoms with Crippen LogP contribution in [0.25, 0.3) is 10.3 Å². The number of aromatic nitrogens is 3. The zero-order chi connectivity index (χ0) is 19.2. The minimum atomic E-state index is 0.880. The van der Waals surface area contributed by atoms with Gasteiger partial charge >= 0.3 is 0 Å². The van der Waals surface area contributed by atoms with Crippen LogP contribution in [0.15, 0.2) is 24.3 Å². The SMILES string of the molecule is COc1cc(C)nc(C)c1.Cc1nc2nc(CN3CCCCC3)ccc2s1. The van der Waals surface area contributed by atoms with Gasteiger partial charge in [0, 0.05) is 30.1 Å². The van der Waals surface area contributed by atoms with Crippen molar-refractivity contribution in [3.63, 3.8) is 0 Å². The molecular weight excluding hydrogens is 356 g/mol. The van der Waals surface area contributed by atoms with Gasteiger partial charge in [-0.3, -0.25) is 9.88 Å². The monoisotopic (exact) mass is 384 g/mol. The summed E-state index contributed by atoms with van der Waals surface area (Å²) in [4.78, 5) is 15.8. The van der Waals surface area contributed by atoms with Gasteiger partial charge in [-0.1, -0.05) is 6.42 Å². The number of aryl methyl sites for hydroxylation is 3. The minimum absolute atomic E-state index is 0.880. The van der Waals surface area contributed by atoms with Crippen molar-refractivity contribution in [3.05, 3.63) is 46.4 Å². The van der Waals surface area contributed by atoms with Gasteiger partial charge in [0.05, 0.1) is 22.5 Å². The van der Waals surface area contributed by atoms with Crippen LogP contribution in [0.3, 0.4) is 0 Å². The molecule has 0 aromatic carbocycles. The molecule has 0 aliphatic carbocycles. The lowest BCUT2D eigenvalue weighted by Gasteiger charge is -2.25. The Morgan fingerprint density at radius 1 is 0.963 bits per heavy atom. The lowest BCUT2D eigenvalue weighted by atomic mass is 10.1. The summed E-state index contributed by atoms with van der Waals surface area (Å²) in [5.74, 6) is 0.880. The third-order valence-corrected chi connectivity index (χ3v) is 5.47. The van der Waals surface area contributed by atoms with Gasteiger partial charge in [0.15, 0.2) is 5.65 Å². The summed E-state index contributed by atoms with van der Waals surface area (Å²) >= 11 is 1.72. The van der Waals surface area contributed by atoms with E-state index in [4.69, 9.17) is 4.74 Å². The number of thiazole rings is 1. The van der Waals surface area contributed by atoms with Gasteiger partial charge in [-0.25, -0.2) is 9.97 Å². The summed E-state index contributed by atoms with van der Waals surface area (Å²) in [6.07, 6.45) is 4.05. The van der Waals surface area contributed by atoms with Crippen LogP contribution in [0.5, 0.6) is 5.75 Å². The Morgan fingerprint density at radius 2 is 1.67 bits per heavy atom. The molecule has 0 radical (unpaired) electrons. The molecule has 1 saturated heterocycles. The molecule has 6 heteroatoms. The molecule has 0 atom stereocenters. The van der Waals surface area contributed by atoms with Gasteiger partial charge in [0.25, 0.3) is 0 Å². The first-order valence-electron chi connectivity index (χ1n) is 9.48. The summed E-state index contributed by atoms with van der Waals surface area (Å²) in [7, 11) is 1.66. The first-order valence-corrected chi connectivity index (χ1v) is 10.3. The molecule has 27 heavy (non-hydrogen) atoms. The molecule has 3 aromatic heterocycles. The van der Waals surface area contributed by atoms with Crippen LogP contribution in [0.2, 0.25) is 0 Å². The van der Waals surface area contributed by atoms with E-state index in [0.717, 1.165) is 40.0 Å². The maximum atomic E-state index is 5.04. The van der Waals surface area contributed by atoms with E-state index in [-0.39, 0.29) is 0 Å². The van der Waals surface area contributed by atoms with Crippen molar-refractivity contribution < 1.29 is 4.74 Å². The average molecular weight is 385 g/mol. The molecule has 1 aliphatic rings. The van der Waals surface area contributed by atoms with Crippen LogP contribution in [0.1, 0.15) is 41.4 Å². The highest BCUT2D eigenvalue weighted by Crippen LogP contribution is 2.21. The minimum Gasteiger partial charge on any atom is -0.497 e. The number of pyridine rings is 2. The average Bonchev–Trinajstić information content (AvgIpc) is 3.01. The molecular formula is C21H28N4OS. The first-order chi connectivity index (χ1) is 13.0. The molecule has 1 aliphatic heterocycles. The molecule has 144 valence electrons. The fourth-order valence-corrected chi connectivity index (χ4v) is 4.08. The highest BCUT2D eigenvalue weighted by molar-refractivity contribution is 7.18. The Morgan fingerprint density at radius 3 is 2.33 bits per heavy atom. The zero-order valence-corrected chi connectivity index (χ0v) is 17.5. The maximum absolute atomic E-state index is 5.04. The molecule has 0 N–H and O–H groups in total. The Hall–Kier alpha value is -2.05. The van der Waals surface area contributed by atoms with Gasteiger partial charge in [-0.2, -0.15) is 0 Å². The Labute approximate surface area is 165 Å². The van der Waals surface area contributed by atoms with Crippen molar-refractivity contribution in [2.75, 3.05) is 20.2 Å². The predicted molar refractivity (Wildman–Crippen MR) is 112 cm³/mol. The number of hydrogen-bond acceptors (Lipinski definition) is 6. The number of piperidine rings is 1. The van der Waals surface area contributed by atoms with Gasteiger partial charge < -0.3 is 4.74 Å². The molecule has 0 spiro atoms. The number of hydrogen-bond donors (Lipinski definition) is 0. The molecule has 0 bridgehead atoms. The summed E-state index contributed by atoms with van der Waals surface area (Å²) in [5, 5.41) is 1.10. The van der Waals surface area contributed by atoms with E-state index in [1.54, 1.807) is 18.4 Å². The van der Waals surface area contributed by atoms with Crippen LogP contribution in [0, 0.1) is 20.8 Å². The van der Waals surface area contributed by atoms with Gasteiger partial charge in [-0.05, 0) is 58.8 Å². The Kier molecular flexibility index (Phi) is 6.74. The van der Waals surface area contributed by atoms with Crippen molar-refractivity contribution >= 4 is 21.7 Å². The topological polar surface area (TPSA) is 51.1 Å². The number of ether oxygens (including phenoxy) is 1. The van der Waals surface area contributed by atoms with Crippen LogP contribution in [-0.2, 0) is 6.54 Å². The van der Waals surface area contributed by atoms with Crippen LogP contribution in [-0.4, -0.2) is 40.1 Å². The van der Waals surface area contributed by atoms with E-state index in [1.807, 2.05) is 32.9 Å². The normalized spacial score (nSPS) is 14.7. The fraction of sp³-hybridized carbons (Fsp3) is 0.476. The quantitative estimate of drug-likeness (QED) is 0.655. The molecule has 0 amide bonds. The van der Waals surface area contributed by atoms with E-state index >= 15 is 0 Å². The van der Waals surface area contributed by atoms with Crippen LogP contribution < -0.4 is 4.74 Å². The lowest BCUT2D eigenvalue weighted by molar-refractivity contribution is 0.219. The van der Waals surface area contributed by atoms with E-state index in [0.29, 0.717) is 0 Å². The molecule has 5 nitrogen and oxygen atoms in total. The second-order valence-corrected chi connectivity index (χ2v) is 8.22. The summed E-state index contributed by atoms with van der Waals surface area (Å²) < 4.78 is 6.23. The third kappa shape index (κ3) is 5.71. The van der Waals surface area contributed by atoms with Gasteiger partial charge in [-0.15, -0.1) is 11.3 Å². The fourth-order valence-electron chi connectivity index (χ4n) is 3.31. The Bertz CT molecular complexity index is 867. The zero-order valence-electron chi connectivity index (χ0n) is 16.7. The lowest BCUT2D eigenvalue weighted by Crippen LogP contribution is -2.29. The maximum Gasteiger partial charge on any atom is 0.170 e. The summed E-state index contributed by atoms with van der Waals surface area (Å²) in [5.41, 5.74) is 4.07. The number of likely N-dealkylation sites (tertiary alicyclic amines) is 1. The van der Waals surface area contributed by atoms with E-state index in [2.05, 4.69) is 32.0 Å².